The van der Waals surface area contributed by atoms with Crippen molar-refractivity contribution in [2.45, 2.75) is 13.5 Å². The van der Waals surface area contributed by atoms with Gasteiger partial charge in [0.05, 0.1) is 30.3 Å². The first-order valence-corrected chi connectivity index (χ1v) is 5.49. The second kappa shape index (κ2) is 4.92. The van der Waals surface area contributed by atoms with Crippen LogP contribution in [-0.2, 0) is 6.54 Å². The van der Waals surface area contributed by atoms with E-state index < -0.39 is 4.92 Å². The van der Waals surface area contributed by atoms with Crippen molar-refractivity contribution in [1.82, 2.24) is 15.0 Å². The Kier molecular flexibility index (Phi) is 3.32. The number of non-ortho nitro benzene ring substituents is 1. The first-order chi connectivity index (χ1) is 9.01. The molecule has 0 saturated heterocycles. The maximum absolute atomic E-state index is 10.8. The minimum Gasteiger partial charge on any atom is -0.496 e. The number of anilines is 1. The molecule has 100 valence electrons. The summed E-state index contributed by atoms with van der Waals surface area (Å²) in [6.45, 7) is 2.12. The molecule has 0 amide bonds. The number of nitro benzene ring substituents is 1. The molecule has 2 N–H and O–H groups in total. The molecule has 0 aliphatic rings. The van der Waals surface area contributed by atoms with E-state index in [1.807, 2.05) is 0 Å². The summed E-state index contributed by atoms with van der Waals surface area (Å²) in [5.74, 6) is 0.771. The van der Waals surface area contributed by atoms with E-state index in [1.165, 1.54) is 19.2 Å². The molecule has 0 aliphatic carbocycles. The van der Waals surface area contributed by atoms with Gasteiger partial charge in [0.2, 0.25) is 0 Å². The molecule has 0 bridgehead atoms. The number of nitrogens with two attached hydrogens (primary N) is 1. The molecule has 0 aliphatic heterocycles. The van der Waals surface area contributed by atoms with Crippen molar-refractivity contribution in [3.05, 3.63) is 39.6 Å². The van der Waals surface area contributed by atoms with Gasteiger partial charge in [0.1, 0.15) is 5.75 Å². The Labute approximate surface area is 108 Å². The standard InChI is InChI=1S/C11H13N5O3/c1-7-11(12)13-14-15(7)6-8-3-9(16(17)18)5-10(4-8)19-2/h3-5H,6,12H2,1-2H3. The highest BCUT2D eigenvalue weighted by molar-refractivity contribution is 5.43. The Morgan fingerprint density at radius 3 is 2.74 bits per heavy atom. The normalized spacial score (nSPS) is 10.4. The number of nitrogen functional groups attached to an aromatic ring is 1. The number of nitro groups is 1. The van der Waals surface area contributed by atoms with Crippen LogP contribution in [0.4, 0.5) is 11.5 Å². The van der Waals surface area contributed by atoms with Crippen molar-refractivity contribution in [1.29, 1.82) is 0 Å². The van der Waals surface area contributed by atoms with Crippen LogP contribution in [0.1, 0.15) is 11.3 Å². The SMILES string of the molecule is COc1cc(Cn2nnc(N)c2C)cc([N+](=O)[O-])c1. The smallest absolute Gasteiger partial charge is 0.273 e. The quantitative estimate of drug-likeness (QED) is 0.654. The molecule has 8 heteroatoms. The molecule has 1 heterocycles. The minimum absolute atomic E-state index is 0.0277. The molecule has 2 rings (SSSR count). The average Bonchev–Trinajstić information content (AvgIpc) is 2.70. The largest absolute Gasteiger partial charge is 0.496 e. The fourth-order valence-electron chi connectivity index (χ4n) is 1.65. The van der Waals surface area contributed by atoms with Crippen LogP contribution in [0.5, 0.6) is 5.75 Å². The lowest BCUT2D eigenvalue weighted by molar-refractivity contribution is -0.385. The second-order valence-corrected chi connectivity index (χ2v) is 4.01. The third-order valence-corrected chi connectivity index (χ3v) is 2.75. The van der Waals surface area contributed by atoms with E-state index in [1.54, 1.807) is 17.7 Å². The van der Waals surface area contributed by atoms with Crippen LogP contribution in [0.3, 0.4) is 0 Å². The zero-order valence-electron chi connectivity index (χ0n) is 10.5. The van der Waals surface area contributed by atoms with Gasteiger partial charge < -0.3 is 10.5 Å². The van der Waals surface area contributed by atoms with Crippen LogP contribution in [0.2, 0.25) is 0 Å². The van der Waals surface area contributed by atoms with Crippen molar-refractivity contribution < 1.29 is 9.66 Å². The van der Waals surface area contributed by atoms with Gasteiger partial charge in [-0.2, -0.15) is 0 Å². The molecule has 0 saturated carbocycles. The average molecular weight is 263 g/mol. The van der Waals surface area contributed by atoms with Crippen LogP contribution in [0.25, 0.3) is 0 Å². The number of benzene rings is 1. The van der Waals surface area contributed by atoms with Gasteiger partial charge in [-0.1, -0.05) is 5.21 Å². The fourth-order valence-corrected chi connectivity index (χ4v) is 1.65. The second-order valence-electron chi connectivity index (χ2n) is 4.01. The third kappa shape index (κ3) is 2.62. The Hall–Kier alpha value is -2.64. The summed E-state index contributed by atoms with van der Waals surface area (Å²) >= 11 is 0. The number of methoxy groups -OCH3 is 1. The predicted octanol–water partition coefficient (Wildman–Crippen LogP) is 1.13. The van der Waals surface area contributed by atoms with Crippen LogP contribution >= 0.6 is 0 Å². The van der Waals surface area contributed by atoms with E-state index in [-0.39, 0.29) is 5.69 Å². The van der Waals surface area contributed by atoms with E-state index in [0.717, 1.165) is 0 Å². The number of rotatable bonds is 4. The van der Waals surface area contributed by atoms with Crippen LogP contribution in [-0.4, -0.2) is 27.0 Å². The number of ether oxygens (including phenoxy) is 1. The lowest BCUT2D eigenvalue weighted by Crippen LogP contribution is -2.05. The molecule has 19 heavy (non-hydrogen) atoms. The van der Waals surface area contributed by atoms with Crippen LogP contribution in [0.15, 0.2) is 18.2 Å². The zero-order chi connectivity index (χ0) is 14.0. The maximum atomic E-state index is 10.8. The number of nitrogens with zero attached hydrogens (tertiary/aromatic N) is 4. The first-order valence-electron chi connectivity index (χ1n) is 5.49. The number of hydrogen-bond donors (Lipinski definition) is 1. The van der Waals surface area contributed by atoms with Gasteiger partial charge in [0, 0.05) is 6.07 Å². The highest BCUT2D eigenvalue weighted by atomic mass is 16.6. The van der Waals surface area contributed by atoms with E-state index in [4.69, 9.17) is 10.5 Å². The maximum Gasteiger partial charge on any atom is 0.273 e. The van der Waals surface area contributed by atoms with Gasteiger partial charge in [0.25, 0.3) is 5.69 Å². The van der Waals surface area contributed by atoms with Crippen molar-refractivity contribution in [2.24, 2.45) is 0 Å². The molecule has 1 aromatic carbocycles. The summed E-state index contributed by atoms with van der Waals surface area (Å²) < 4.78 is 6.62. The minimum atomic E-state index is -0.464. The Bertz CT molecular complexity index is 623. The van der Waals surface area contributed by atoms with Gasteiger partial charge in [0.15, 0.2) is 5.82 Å². The Morgan fingerprint density at radius 1 is 1.47 bits per heavy atom. The molecule has 0 radical (unpaired) electrons. The van der Waals surface area contributed by atoms with Gasteiger partial charge in [-0.05, 0) is 18.6 Å². The van der Waals surface area contributed by atoms with Gasteiger partial charge in [-0.25, -0.2) is 4.68 Å². The van der Waals surface area contributed by atoms with E-state index in [0.29, 0.717) is 29.4 Å². The zero-order valence-corrected chi connectivity index (χ0v) is 10.5. The molecular weight excluding hydrogens is 250 g/mol. The van der Waals surface area contributed by atoms with E-state index >= 15 is 0 Å². The summed E-state index contributed by atoms with van der Waals surface area (Å²) in [6, 6.07) is 4.55. The van der Waals surface area contributed by atoms with Crippen molar-refractivity contribution in [3.8, 4) is 5.75 Å². The van der Waals surface area contributed by atoms with Gasteiger partial charge >= 0.3 is 0 Å². The Balaban J connectivity index is 2.36. The summed E-state index contributed by atoms with van der Waals surface area (Å²) in [6.07, 6.45) is 0. The molecule has 2 aromatic rings. The molecule has 8 nitrogen and oxygen atoms in total. The van der Waals surface area contributed by atoms with E-state index in [2.05, 4.69) is 10.3 Å². The van der Waals surface area contributed by atoms with E-state index in [9.17, 15) is 10.1 Å². The first kappa shape index (κ1) is 12.8. The topological polar surface area (TPSA) is 109 Å². The molecule has 1 aromatic heterocycles. The third-order valence-electron chi connectivity index (χ3n) is 2.75. The summed E-state index contributed by atoms with van der Waals surface area (Å²) in [4.78, 5) is 10.4. The number of hydrogen-bond acceptors (Lipinski definition) is 6. The van der Waals surface area contributed by atoms with Crippen LogP contribution in [0, 0.1) is 17.0 Å². The highest BCUT2D eigenvalue weighted by Gasteiger charge is 2.12. The highest BCUT2D eigenvalue weighted by Crippen LogP contribution is 2.23. The lowest BCUT2D eigenvalue weighted by Gasteiger charge is -2.06. The van der Waals surface area contributed by atoms with Crippen molar-refractivity contribution in [2.75, 3.05) is 12.8 Å². The molecule has 0 unspecified atom stereocenters. The van der Waals surface area contributed by atoms with Gasteiger partial charge in [-0.3, -0.25) is 10.1 Å². The molecule has 0 spiro atoms. The van der Waals surface area contributed by atoms with Crippen LogP contribution < -0.4 is 10.5 Å². The van der Waals surface area contributed by atoms with Gasteiger partial charge in [-0.15, -0.1) is 5.10 Å². The van der Waals surface area contributed by atoms with Crippen molar-refractivity contribution >= 4 is 11.5 Å². The molecular formula is C11H13N5O3. The summed E-state index contributed by atoms with van der Waals surface area (Å²) in [5, 5.41) is 18.4. The lowest BCUT2D eigenvalue weighted by atomic mass is 10.2. The summed E-state index contributed by atoms with van der Waals surface area (Å²) in [5.41, 5.74) is 6.98. The van der Waals surface area contributed by atoms with Crippen molar-refractivity contribution in [3.63, 3.8) is 0 Å². The summed E-state index contributed by atoms with van der Waals surface area (Å²) in [7, 11) is 1.46. The fraction of sp³-hybridized carbons (Fsp3) is 0.273. The predicted molar refractivity (Wildman–Crippen MR) is 67.9 cm³/mol. The monoisotopic (exact) mass is 263 g/mol. The Morgan fingerprint density at radius 2 is 2.21 bits per heavy atom. The number of aromatic nitrogens is 3. The molecule has 0 atom stereocenters. The molecule has 0 fully saturated rings.